The van der Waals surface area contributed by atoms with Gasteiger partial charge in [-0.25, -0.2) is 0 Å². The lowest BCUT2D eigenvalue weighted by atomic mass is 10.2. The molecule has 2 aromatic carbocycles. The number of ether oxygens (including phenoxy) is 2. The van der Waals surface area contributed by atoms with Crippen LogP contribution in [-0.2, 0) is 0 Å². The zero-order valence-corrected chi connectivity index (χ0v) is 15.3. The van der Waals surface area contributed by atoms with E-state index < -0.39 is 4.92 Å². The Kier molecular flexibility index (Phi) is 4.92. The molecule has 0 bridgehead atoms. The molecule has 0 aliphatic carbocycles. The summed E-state index contributed by atoms with van der Waals surface area (Å²) in [6, 6.07) is 9.29. The summed E-state index contributed by atoms with van der Waals surface area (Å²) in [4.78, 5) is 10.4. The minimum atomic E-state index is -0.464. The van der Waals surface area contributed by atoms with Crippen molar-refractivity contribution in [1.29, 1.82) is 0 Å². The maximum Gasteiger partial charge on any atom is 0.269 e. The highest BCUT2D eigenvalue weighted by molar-refractivity contribution is 7.71. The predicted octanol–water partition coefficient (Wildman–Crippen LogP) is 4.18. The van der Waals surface area contributed by atoms with Gasteiger partial charge in [0.05, 0.1) is 29.9 Å². The van der Waals surface area contributed by atoms with Crippen molar-refractivity contribution in [2.24, 2.45) is 0 Å². The average Bonchev–Trinajstić information content (AvgIpc) is 3.02. The molecule has 10 heteroatoms. The summed E-state index contributed by atoms with van der Waals surface area (Å²) in [5, 5.41) is 18.2. The lowest BCUT2D eigenvalue weighted by Gasteiger charge is -2.14. The fourth-order valence-corrected chi connectivity index (χ4v) is 2.93. The van der Waals surface area contributed by atoms with Crippen LogP contribution in [0.25, 0.3) is 17.1 Å². The van der Waals surface area contributed by atoms with Crippen LogP contribution in [0.15, 0.2) is 36.4 Å². The Hall–Kier alpha value is -2.91. The topological polar surface area (TPSA) is 95.2 Å². The van der Waals surface area contributed by atoms with Crippen molar-refractivity contribution in [2.75, 3.05) is 14.2 Å². The number of nitro groups is 1. The van der Waals surface area contributed by atoms with E-state index in [4.69, 9.17) is 33.3 Å². The molecule has 0 fully saturated rings. The molecule has 26 heavy (non-hydrogen) atoms. The van der Waals surface area contributed by atoms with E-state index in [1.807, 2.05) is 0 Å². The van der Waals surface area contributed by atoms with Gasteiger partial charge in [-0.1, -0.05) is 11.6 Å². The van der Waals surface area contributed by atoms with Crippen LogP contribution in [0.2, 0.25) is 5.02 Å². The molecule has 3 aromatic rings. The Morgan fingerprint density at radius 3 is 2.42 bits per heavy atom. The first-order valence-electron chi connectivity index (χ1n) is 7.30. The van der Waals surface area contributed by atoms with Crippen molar-refractivity contribution in [3.05, 3.63) is 56.3 Å². The number of aromatic amines is 1. The molecule has 1 heterocycles. The number of non-ortho nitro benzene ring substituents is 1. The minimum absolute atomic E-state index is 0.0137. The monoisotopic (exact) mass is 392 g/mol. The highest BCUT2D eigenvalue weighted by atomic mass is 35.5. The molecule has 0 radical (unpaired) electrons. The van der Waals surface area contributed by atoms with Crippen LogP contribution < -0.4 is 9.47 Å². The maximum atomic E-state index is 10.8. The second-order valence-electron chi connectivity index (χ2n) is 5.15. The Labute approximate surface area is 158 Å². The quantitative estimate of drug-likeness (QED) is 0.397. The lowest BCUT2D eigenvalue weighted by Crippen LogP contribution is -2.02. The van der Waals surface area contributed by atoms with Gasteiger partial charge in [-0.2, -0.15) is 5.10 Å². The van der Waals surface area contributed by atoms with Gasteiger partial charge in [-0.05, 0) is 24.4 Å². The van der Waals surface area contributed by atoms with Crippen LogP contribution in [0.3, 0.4) is 0 Å². The third-order valence-corrected chi connectivity index (χ3v) is 4.27. The fourth-order valence-electron chi connectivity index (χ4n) is 2.47. The third kappa shape index (κ3) is 3.14. The van der Waals surface area contributed by atoms with Gasteiger partial charge >= 0.3 is 0 Å². The van der Waals surface area contributed by atoms with E-state index in [0.29, 0.717) is 38.4 Å². The summed E-state index contributed by atoms with van der Waals surface area (Å²) < 4.78 is 12.6. The number of hydrogen-bond acceptors (Lipinski definition) is 6. The first kappa shape index (κ1) is 17.9. The maximum absolute atomic E-state index is 10.8. The molecule has 0 atom stereocenters. The smallest absolute Gasteiger partial charge is 0.269 e. The van der Waals surface area contributed by atoms with E-state index >= 15 is 0 Å². The Morgan fingerprint density at radius 1 is 1.19 bits per heavy atom. The van der Waals surface area contributed by atoms with Crippen molar-refractivity contribution in [3.63, 3.8) is 0 Å². The first-order chi connectivity index (χ1) is 12.5. The number of H-pyrrole nitrogens is 1. The van der Waals surface area contributed by atoms with Gasteiger partial charge in [0.25, 0.3) is 5.69 Å². The summed E-state index contributed by atoms with van der Waals surface area (Å²) in [7, 11) is 3.01. The number of benzene rings is 2. The SMILES string of the molecule is COc1cc(-n2c(-c3ccc([N+](=O)[O-])cc3)n[nH]c2=S)c(OC)cc1Cl. The van der Waals surface area contributed by atoms with Crippen molar-refractivity contribution in [1.82, 2.24) is 14.8 Å². The molecule has 0 unspecified atom stereocenters. The Bertz CT molecular complexity index is 1030. The number of nitro benzene ring substituents is 1. The fraction of sp³-hybridized carbons (Fsp3) is 0.125. The van der Waals surface area contributed by atoms with E-state index in [0.717, 1.165) is 0 Å². The van der Waals surface area contributed by atoms with E-state index in [1.165, 1.54) is 26.4 Å². The van der Waals surface area contributed by atoms with Gasteiger partial charge in [-0.15, -0.1) is 0 Å². The van der Waals surface area contributed by atoms with Crippen molar-refractivity contribution in [3.8, 4) is 28.6 Å². The van der Waals surface area contributed by atoms with Gasteiger partial charge in [0, 0.05) is 29.8 Å². The van der Waals surface area contributed by atoms with Gasteiger partial charge in [0.1, 0.15) is 11.5 Å². The summed E-state index contributed by atoms with van der Waals surface area (Å²) in [5.74, 6) is 1.38. The third-order valence-electron chi connectivity index (χ3n) is 3.70. The molecular weight excluding hydrogens is 380 g/mol. The van der Waals surface area contributed by atoms with Crippen LogP contribution >= 0.6 is 23.8 Å². The second-order valence-corrected chi connectivity index (χ2v) is 5.94. The molecule has 8 nitrogen and oxygen atoms in total. The van der Waals surface area contributed by atoms with E-state index in [-0.39, 0.29) is 5.69 Å². The standard InChI is InChI=1S/C16H13ClN4O4S/c1-24-13-8-12(14(25-2)7-11(13)17)20-15(18-19-16(20)26)9-3-5-10(6-4-9)21(22)23/h3-8H,1-2H3,(H,19,26). The number of rotatable bonds is 5. The number of aromatic nitrogens is 3. The van der Waals surface area contributed by atoms with Crippen LogP contribution in [0.4, 0.5) is 5.69 Å². The highest BCUT2D eigenvalue weighted by Gasteiger charge is 2.18. The molecule has 0 saturated heterocycles. The van der Waals surface area contributed by atoms with Crippen molar-refractivity contribution >= 4 is 29.5 Å². The summed E-state index contributed by atoms with van der Waals surface area (Å²) in [6.07, 6.45) is 0. The largest absolute Gasteiger partial charge is 0.495 e. The van der Waals surface area contributed by atoms with E-state index in [9.17, 15) is 10.1 Å². The molecule has 0 saturated carbocycles. The number of halogens is 1. The van der Waals surface area contributed by atoms with Gasteiger partial charge < -0.3 is 9.47 Å². The van der Waals surface area contributed by atoms with Crippen LogP contribution in [0.1, 0.15) is 0 Å². The van der Waals surface area contributed by atoms with Crippen molar-refractivity contribution < 1.29 is 14.4 Å². The predicted molar refractivity (Wildman–Crippen MR) is 99.0 cm³/mol. The van der Waals surface area contributed by atoms with E-state index in [1.54, 1.807) is 28.8 Å². The summed E-state index contributed by atoms with van der Waals surface area (Å²) in [6.45, 7) is 0. The highest BCUT2D eigenvalue weighted by Crippen LogP contribution is 2.36. The van der Waals surface area contributed by atoms with Crippen LogP contribution in [-0.4, -0.2) is 33.9 Å². The summed E-state index contributed by atoms with van der Waals surface area (Å²) >= 11 is 11.5. The Balaban J connectivity index is 2.21. The van der Waals surface area contributed by atoms with E-state index in [2.05, 4.69) is 10.2 Å². The molecule has 3 rings (SSSR count). The van der Waals surface area contributed by atoms with Crippen LogP contribution in [0, 0.1) is 14.9 Å². The molecular formula is C16H13ClN4O4S. The van der Waals surface area contributed by atoms with Crippen LogP contribution in [0.5, 0.6) is 11.5 Å². The number of nitrogens with zero attached hydrogens (tertiary/aromatic N) is 3. The van der Waals surface area contributed by atoms with Gasteiger partial charge in [0.15, 0.2) is 10.6 Å². The Morgan fingerprint density at radius 2 is 1.85 bits per heavy atom. The zero-order valence-electron chi connectivity index (χ0n) is 13.7. The molecule has 134 valence electrons. The first-order valence-corrected chi connectivity index (χ1v) is 8.09. The summed E-state index contributed by atoms with van der Waals surface area (Å²) in [5.41, 5.74) is 1.19. The number of nitrogens with one attached hydrogen (secondary N) is 1. The normalized spacial score (nSPS) is 10.6. The zero-order chi connectivity index (χ0) is 18.8. The second kappa shape index (κ2) is 7.14. The molecule has 0 amide bonds. The molecule has 1 aromatic heterocycles. The van der Waals surface area contributed by atoms with Gasteiger partial charge in [-0.3, -0.25) is 19.8 Å². The molecule has 0 aliphatic rings. The average molecular weight is 393 g/mol. The number of hydrogen-bond donors (Lipinski definition) is 1. The molecule has 0 spiro atoms. The molecule has 0 aliphatic heterocycles. The van der Waals surface area contributed by atoms with Gasteiger partial charge in [0.2, 0.25) is 0 Å². The van der Waals surface area contributed by atoms with Crippen molar-refractivity contribution in [2.45, 2.75) is 0 Å². The minimum Gasteiger partial charge on any atom is -0.495 e. The number of methoxy groups -OCH3 is 2. The lowest BCUT2D eigenvalue weighted by molar-refractivity contribution is -0.384. The molecule has 1 N–H and O–H groups in total.